The second kappa shape index (κ2) is 8.72. The van der Waals surface area contributed by atoms with Crippen molar-refractivity contribution in [3.05, 3.63) is 88.9 Å². The number of nitrogens with zero attached hydrogens (tertiary/aromatic N) is 2. The highest BCUT2D eigenvalue weighted by atomic mass is 35.5. The van der Waals surface area contributed by atoms with Crippen LogP contribution in [0.3, 0.4) is 0 Å². The van der Waals surface area contributed by atoms with Gasteiger partial charge < -0.3 is 9.88 Å². The Labute approximate surface area is 178 Å². The first-order valence-electron chi connectivity index (χ1n) is 9.28. The Morgan fingerprint density at radius 3 is 2.62 bits per heavy atom. The van der Waals surface area contributed by atoms with Gasteiger partial charge in [-0.1, -0.05) is 71.9 Å². The standard InChI is InChI=1S/C23H20ClN3OS/c1-16-11-12-19(18(24)13-16)25-22(28)15-29-23-26-20-9-5-6-10-21(20)27(23)14-17-7-3-2-4-8-17/h2-13H,14-15H2,1H3,(H,25,28). The average molecular weight is 422 g/mol. The molecule has 4 rings (SSSR count). The van der Waals surface area contributed by atoms with Gasteiger partial charge in [-0.3, -0.25) is 4.79 Å². The normalized spacial score (nSPS) is 11.0. The van der Waals surface area contributed by atoms with Gasteiger partial charge in [-0.2, -0.15) is 0 Å². The fourth-order valence-corrected chi connectivity index (χ4v) is 4.22. The SMILES string of the molecule is Cc1ccc(NC(=O)CSc2nc3ccccc3n2Cc2ccccc2)c(Cl)c1. The molecule has 0 radical (unpaired) electrons. The van der Waals surface area contributed by atoms with E-state index < -0.39 is 0 Å². The number of para-hydroxylation sites is 2. The molecule has 0 unspecified atom stereocenters. The third kappa shape index (κ3) is 4.63. The van der Waals surface area contributed by atoms with E-state index >= 15 is 0 Å². The number of amides is 1. The summed E-state index contributed by atoms with van der Waals surface area (Å²) in [7, 11) is 0. The van der Waals surface area contributed by atoms with Crippen molar-refractivity contribution < 1.29 is 4.79 Å². The number of imidazole rings is 1. The van der Waals surface area contributed by atoms with Gasteiger partial charge in [0.15, 0.2) is 5.16 Å². The zero-order chi connectivity index (χ0) is 20.2. The van der Waals surface area contributed by atoms with Crippen LogP contribution in [0.5, 0.6) is 0 Å². The van der Waals surface area contributed by atoms with E-state index in [0.29, 0.717) is 17.3 Å². The van der Waals surface area contributed by atoms with Crippen LogP contribution >= 0.6 is 23.4 Å². The first kappa shape index (κ1) is 19.6. The number of benzene rings is 3. The molecule has 0 saturated carbocycles. The molecule has 0 aliphatic rings. The quantitative estimate of drug-likeness (QED) is 0.401. The Morgan fingerprint density at radius 2 is 1.83 bits per heavy atom. The summed E-state index contributed by atoms with van der Waals surface area (Å²) in [5, 5.41) is 4.24. The predicted molar refractivity (Wildman–Crippen MR) is 121 cm³/mol. The molecule has 3 aromatic carbocycles. The van der Waals surface area contributed by atoms with E-state index in [9.17, 15) is 4.79 Å². The zero-order valence-corrected chi connectivity index (χ0v) is 17.5. The largest absolute Gasteiger partial charge is 0.324 e. The van der Waals surface area contributed by atoms with Crippen molar-refractivity contribution >= 4 is 46.0 Å². The van der Waals surface area contributed by atoms with Crippen molar-refractivity contribution in [3.63, 3.8) is 0 Å². The van der Waals surface area contributed by atoms with Gasteiger partial charge in [0.1, 0.15) is 0 Å². The summed E-state index contributed by atoms with van der Waals surface area (Å²) >= 11 is 7.65. The minimum atomic E-state index is -0.112. The predicted octanol–water partition coefficient (Wildman–Crippen LogP) is 5.78. The second-order valence-electron chi connectivity index (χ2n) is 6.77. The molecular formula is C23H20ClN3OS. The van der Waals surface area contributed by atoms with Gasteiger partial charge in [-0.05, 0) is 42.3 Å². The molecule has 0 aliphatic carbocycles. The number of carbonyl (C=O) groups excluding carboxylic acids is 1. The third-order valence-electron chi connectivity index (χ3n) is 4.53. The van der Waals surface area contributed by atoms with Crippen molar-refractivity contribution in [2.24, 2.45) is 0 Å². The first-order valence-corrected chi connectivity index (χ1v) is 10.6. The minimum Gasteiger partial charge on any atom is -0.324 e. The number of aromatic nitrogens is 2. The van der Waals surface area contributed by atoms with Crippen LogP contribution in [-0.2, 0) is 11.3 Å². The summed E-state index contributed by atoms with van der Waals surface area (Å²) in [6.45, 7) is 2.67. The molecule has 29 heavy (non-hydrogen) atoms. The summed E-state index contributed by atoms with van der Waals surface area (Å²) < 4.78 is 2.15. The first-order chi connectivity index (χ1) is 14.1. The molecule has 1 N–H and O–H groups in total. The smallest absolute Gasteiger partial charge is 0.234 e. The second-order valence-corrected chi connectivity index (χ2v) is 8.12. The van der Waals surface area contributed by atoms with Crippen LogP contribution in [0.25, 0.3) is 11.0 Å². The molecule has 1 amide bonds. The molecule has 6 heteroatoms. The zero-order valence-electron chi connectivity index (χ0n) is 15.9. The van der Waals surface area contributed by atoms with Crippen LogP contribution in [-0.4, -0.2) is 21.2 Å². The Hall–Kier alpha value is -2.76. The summed E-state index contributed by atoms with van der Waals surface area (Å²) in [5.41, 5.74) is 4.85. The minimum absolute atomic E-state index is 0.112. The molecule has 4 aromatic rings. The molecule has 0 aliphatic heterocycles. The number of nitrogens with one attached hydrogen (secondary N) is 1. The number of carbonyl (C=O) groups is 1. The lowest BCUT2D eigenvalue weighted by Gasteiger charge is -2.10. The molecular weight excluding hydrogens is 402 g/mol. The van der Waals surface area contributed by atoms with Gasteiger partial charge in [-0.15, -0.1) is 0 Å². The van der Waals surface area contributed by atoms with Crippen molar-refractivity contribution in [3.8, 4) is 0 Å². The third-order valence-corrected chi connectivity index (χ3v) is 5.82. The van der Waals surface area contributed by atoms with Gasteiger partial charge >= 0.3 is 0 Å². The number of thioether (sulfide) groups is 1. The van der Waals surface area contributed by atoms with Crippen LogP contribution in [0.2, 0.25) is 5.02 Å². The maximum atomic E-state index is 12.5. The van der Waals surface area contributed by atoms with E-state index in [1.807, 2.05) is 61.5 Å². The van der Waals surface area contributed by atoms with Crippen molar-refractivity contribution in [1.82, 2.24) is 9.55 Å². The molecule has 0 atom stereocenters. The number of fused-ring (bicyclic) bond motifs is 1. The number of anilines is 1. The fraction of sp³-hybridized carbons (Fsp3) is 0.130. The monoisotopic (exact) mass is 421 g/mol. The van der Waals surface area contributed by atoms with E-state index in [1.165, 1.54) is 17.3 Å². The van der Waals surface area contributed by atoms with Crippen molar-refractivity contribution in [1.29, 1.82) is 0 Å². The highest BCUT2D eigenvalue weighted by molar-refractivity contribution is 7.99. The topological polar surface area (TPSA) is 46.9 Å². The molecule has 0 bridgehead atoms. The Bertz CT molecular complexity index is 1160. The van der Waals surface area contributed by atoms with Gasteiger partial charge in [0.2, 0.25) is 5.91 Å². The van der Waals surface area contributed by atoms with Crippen molar-refractivity contribution in [2.75, 3.05) is 11.1 Å². The lowest BCUT2D eigenvalue weighted by Crippen LogP contribution is -2.15. The summed E-state index contributed by atoms with van der Waals surface area (Å²) in [6.07, 6.45) is 0. The van der Waals surface area contributed by atoms with E-state index in [4.69, 9.17) is 16.6 Å². The number of rotatable bonds is 6. The van der Waals surface area contributed by atoms with Gasteiger partial charge in [0.05, 0.1) is 34.0 Å². The Kier molecular flexibility index (Phi) is 5.88. The molecule has 1 aromatic heterocycles. The average Bonchev–Trinajstić information content (AvgIpc) is 3.07. The molecule has 4 nitrogen and oxygen atoms in total. The number of aryl methyl sites for hydroxylation is 1. The lowest BCUT2D eigenvalue weighted by atomic mass is 10.2. The van der Waals surface area contributed by atoms with Crippen molar-refractivity contribution in [2.45, 2.75) is 18.6 Å². The maximum Gasteiger partial charge on any atom is 0.234 e. The van der Waals surface area contributed by atoms with Crippen LogP contribution in [0, 0.1) is 6.92 Å². The number of hydrogen-bond donors (Lipinski definition) is 1. The highest BCUT2D eigenvalue weighted by Crippen LogP contribution is 2.26. The summed E-state index contributed by atoms with van der Waals surface area (Å²) in [6, 6.07) is 23.9. The van der Waals surface area contributed by atoms with Crippen LogP contribution < -0.4 is 5.32 Å². The molecule has 0 fully saturated rings. The van der Waals surface area contributed by atoms with Gasteiger partial charge in [-0.25, -0.2) is 4.98 Å². The van der Waals surface area contributed by atoms with Gasteiger partial charge in [0, 0.05) is 0 Å². The van der Waals surface area contributed by atoms with Crippen LogP contribution in [0.15, 0.2) is 78.0 Å². The molecule has 0 spiro atoms. The Balaban J connectivity index is 1.52. The summed E-state index contributed by atoms with van der Waals surface area (Å²) in [5.74, 6) is 0.140. The molecule has 146 valence electrons. The van der Waals surface area contributed by atoms with Gasteiger partial charge in [0.25, 0.3) is 0 Å². The fourth-order valence-electron chi connectivity index (χ4n) is 3.12. The molecule has 1 heterocycles. The van der Waals surface area contributed by atoms with E-state index in [2.05, 4.69) is 28.1 Å². The number of hydrogen-bond acceptors (Lipinski definition) is 3. The van der Waals surface area contributed by atoms with Crippen LogP contribution in [0.4, 0.5) is 5.69 Å². The summed E-state index contributed by atoms with van der Waals surface area (Å²) in [4.78, 5) is 17.2. The Morgan fingerprint density at radius 1 is 1.07 bits per heavy atom. The number of halogens is 1. The lowest BCUT2D eigenvalue weighted by molar-refractivity contribution is -0.113. The molecule has 0 saturated heterocycles. The van der Waals surface area contributed by atoms with E-state index in [1.54, 1.807) is 0 Å². The highest BCUT2D eigenvalue weighted by Gasteiger charge is 2.14. The van der Waals surface area contributed by atoms with E-state index in [-0.39, 0.29) is 11.7 Å². The maximum absolute atomic E-state index is 12.5. The van der Waals surface area contributed by atoms with E-state index in [0.717, 1.165) is 21.8 Å². The van der Waals surface area contributed by atoms with Crippen LogP contribution in [0.1, 0.15) is 11.1 Å².